The molecule has 0 aromatic rings. The first-order chi connectivity index (χ1) is 7.67. The molecular formula is C12H27N3O. The van der Waals surface area contributed by atoms with Gasteiger partial charge in [-0.3, -0.25) is 4.90 Å². The van der Waals surface area contributed by atoms with E-state index in [4.69, 9.17) is 10.8 Å². The van der Waals surface area contributed by atoms with Crippen LogP contribution in [0.1, 0.15) is 13.8 Å². The second-order valence-electron chi connectivity index (χ2n) is 5.11. The molecule has 0 spiro atoms. The van der Waals surface area contributed by atoms with E-state index in [1.54, 1.807) is 0 Å². The predicted octanol–water partition coefficient (Wildman–Crippen LogP) is -0.173. The summed E-state index contributed by atoms with van der Waals surface area (Å²) in [7, 11) is 0. The monoisotopic (exact) mass is 229 g/mol. The number of rotatable bonds is 6. The Hall–Kier alpha value is -0.160. The molecule has 0 aromatic heterocycles. The van der Waals surface area contributed by atoms with Crippen LogP contribution in [0.3, 0.4) is 0 Å². The van der Waals surface area contributed by atoms with Crippen LogP contribution in [-0.2, 0) is 0 Å². The van der Waals surface area contributed by atoms with Crippen LogP contribution in [0.4, 0.5) is 0 Å². The quantitative estimate of drug-likeness (QED) is 0.664. The van der Waals surface area contributed by atoms with Gasteiger partial charge in [-0.05, 0) is 18.4 Å². The highest BCUT2D eigenvalue weighted by Gasteiger charge is 2.20. The number of hydrogen-bond donors (Lipinski definition) is 2. The molecule has 1 rings (SSSR count). The van der Waals surface area contributed by atoms with Gasteiger partial charge in [-0.1, -0.05) is 13.8 Å². The number of aliphatic hydroxyl groups excluding tert-OH is 1. The molecule has 4 nitrogen and oxygen atoms in total. The minimum atomic E-state index is 0.275. The van der Waals surface area contributed by atoms with Gasteiger partial charge in [-0.25, -0.2) is 0 Å². The Balaban J connectivity index is 2.25. The first-order valence-electron chi connectivity index (χ1n) is 6.43. The molecular weight excluding hydrogens is 202 g/mol. The molecule has 4 heteroatoms. The van der Waals surface area contributed by atoms with Gasteiger partial charge >= 0.3 is 0 Å². The molecule has 0 aliphatic carbocycles. The number of hydrogen-bond acceptors (Lipinski definition) is 4. The topological polar surface area (TPSA) is 52.7 Å². The normalized spacial score (nSPS) is 21.6. The maximum absolute atomic E-state index is 8.87. The van der Waals surface area contributed by atoms with Gasteiger partial charge in [0.25, 0.3) is 0 Å². The van der Waals surface area contributed by atoms with Crippen LogP contribution in [0.2, 0.25) is 0 Å². The lowest BCUT2D eigenvalue weighted by molar-refractivity contribution is 0.0961. The molecule has 3 N–H and O–H groups in total. The molecule has 1 saturated heterocycles. The lowest BCUT2D eigenvalue weighted by Crippen LogP contribution is -2.49. The molecule has 0 amide bonds. The van der Waals surface area contributed by atoms with Crippen molar-refractivity contribution in [2.24, 2.45) is 17.6 Å². The van der Waals surface area contributed by atoms with Crippen molar-refractivity contribution >= 4 is 0 Å². The van der Waals surface area contributed by atoms with Gasteiger partial charge in [0.05, 0.1) is 6.61 Å². The Labute approximate surface area is 99.4 Å². The molecule has 1 fully saturated rings. The lowest BCUT2D eigenvalue weighted by atomic mass is 9.95. The van der Waals surface area contributed by atoms with E-state index in [1.165, 1.54) is 0 Å². The highest BCUT2D eigenvalue weighted by Crippen LogP contribution is 2.12. The number of nitrogens with zero attached hydrogens (tertiary/aromatic N) is 2. The molecule has 16 heavy (non-hydrogen) atoms. The van der Waals surface area contributed by atoms with E-state index in [0.717, 1.165) is 45.8 Å². The molecule has 0 radical (unpaired) electrons. The highest BCUT2D eigenvalue weighted by molar-refractivity contribution is 4.75. The minimum Gasteiger partial charge on any atom is -0.395 e. The Kier molecular flexibility index (Phi) is 6.28. The van der Waals surface area contributed by atoms with Crippen LogP contribution < -0.4 is 5.73 Å². The zero-order valence-electron chi connectivity index (χ0n) is 10.7. The average Bonchev–Trinajstić information content (AvgIpc) is 2.28. The zero-order chi connectivity index (χ0) is 12.0. The third-order valence-corrected chi connectivity index (χ3v) is 3.62. The average molecular weight is 229 g/mol. The molecule has 1 atom stereocenters. The van der Waals surface area contributed by atoms with Crippen molar-refractivity contribution in [3.05, 3.63) is 0 Å². The number of aliphatic hydroxyl groups is 1. The fraction of sp³-hybridized carbons (Fsp3) is 1.00. The molecule has 0 aromatic carbocycles. The van der Waals surface area contributed by atoms with Crippen LogP contribution in [0.15, 0.2) is 0 Å². The number of piperazine rings is 1. The van der Waals surface area contributed by atoms with E-state index in [0.29, 0.717) is 11.8 Å². The molecule has 0 bridgehead atoms. The van der Waals surface area contributed by atoms with E-state index in [-0.39, 0.29) is 6.61 Å². The van der Waals surface area contributed by atoms with Crippen LogP contribution in [0.5, 0.6) is 0 Å². The van der Waals surface area contributed by atoms with Gasteiger partial charge in [-0.2, -0.15) is 0 Å². The second-order valence-corrected chi connectivity index (χ2v) is 5.11. The van der Waals surface area contributed by atoms with Gasteiger partial charge in [-0.15, -0.1) is 0 Å². The molecule has 1 aliphatic heterocycles. The molecule has 1 heterocycles. The summed E-state index contributed by atoms with van der Waals surface area (Å²) < 4.78 is 0. The van der Waals surface area contributed by atoms with Gasteiger partial charge in [0.2, 0.25) is 0 Å². The molecule has 1 unspecified atom stereocenters. The fourth-order valence-electron chi connectivity index (χ4n) is 2.23. The summed E-state index contributed by atoms with van der Waals surface area (Å²) in [5.41, 5.74) is 5.80. The lowest BCUT2D eigenvalue weighted by Gasteiger charge is -2.36. The summed E-state index contributed by atoms with van der Waals surface area (Å²) in [4.78, 5) is 4.83. The summed E-state index contributed by atoms with van der Waals surface area (Å²) in [5.74, 6) is 1.28. The SMILES string of the molecule is CC(C)C(CN)CN1CCN(CCO)CC1. The smallest absolute Gasteiger partial charge is 0.0558 e. The third kappa shape index (κ3) is 4.37. The Morgan fingerprint density at radius 2 is 1.69 bits per heavy atom. The van der Waals surface area contributed by atoms with Crippen molar-refractivity contribution in [1.29, 1.82) is 0 Å². The highest BCUT2D eigenvalue weighted by atomic mass is 16.3. The Morgan fingerprint density at radius 3 is 2.12 bits per heavy atom. The van der Waals surface area contributed by atoms with Gasteiger partial charge in [0, 0.05) is 39.3 Å². The standard InChI is InChI=1S/C12H27N3O/c1-11(2)12(9-13)10-15-5-3-14(4-6-15)7-8-16/h11-12,16H,3-10,13H2,1-2H3. The summed E-state index contributed by atoms with van der Waals surface area (Å²) in [6.07, 6.45) is 0. The van der Waals surface area contributed by atoms with Crippen molar-refractivity contribution in [3.63, 3.8) is 0 Å². The maximum Gasteiger partial charge on any atom is 0.0558 e. The van der Waals surface area contributed by atoms with Gasteiger partial charge in [0.15, 0.2) is 0 Å². The van der Waals surface area contributed by atoms with Crippen LogP contribution in [0, 0.1) is 11.8 Å². The number of nitrogens with two attached hydrogens (primary N) is 1. The van der Waals surface area contributed by atoms with E-state index in [2.05, 4.69) is 23.6 Å². The third-order valence-electron chi connectivity index (χ3n) is 3.62. The largest absolute Gasteiger partial charge is 0.395 e. The van der Waals surface area contributed by atoms with Crippen LogP contribution >= 0.6 is 0 Å². The van der Waals surface area contributed by atoms with E-state index >= 15 is 0 Å². The molecule has 96 valence electrons. The van der Waals surface area contributed by atoms with Crippen LogP contribution in [-0.4, -0.2) is 67.3 Å². The molecule has 0 saturated carbocycles. The first-order valence-corrected chi connectivity index (χ1v) is 6.43. The zero-order valence-corrected chi connectivity index (χ0v) is 10.7. The van der Waals surface area contributed by atoms with E-state index < -0.39 is 0 Å². The van der Waals surface area contributed by atoms with Crippen molar-refractivity contribution in [2.45, 2.75) is 13.8 Å². The fourth-order valence-corrected chi connectivity index (χ4v) is 2.23. The Morgan fingerprint density at radius 1 is 1.12 bits per heavy atom. The van der Waals surface area contributed by atoms with Crippen molar-refractivity contribution in [1.82, 2.24) is 9.80 Å². The van der Waals surface area contributed by atoms with Crippen molar-refractivity contribution < 1.29 is 5.11 Å². The minimum absolute atomic E-state index is 0.275. The van der Waals surface area contributed by atoms with E-state index in [9.17, 15) is 0 Å². The van der Waals surface area contributed by atoms with Crippen LogP contribution in [0.25, 0.3) is 0 Å². The first kappa shape index (κ1) is 13.9. The van der Waals surface area contributed by atoms with Crippen molar-refractivity contribution in [3.8, 4) is 0 Å². The summed E-state index contributed by atoms with van der Waals surface area (Å²) in [6, 6.07) is 0. The summed E-state index contributed by atoms with van der Waals surface area (Å²) in [5, 5.41) is 8.87. The summed E-state index contributed by atoms with van der Waals surface area (Å²) >= 11 is 0. The van der Waals surface area contributed by atoms with Crippen molar-refractivity contribution in [2.75, 3.05) is 52.4 Å². The second kappa shape index (κ2) is 7.22. The maximum atomic E-state index is 8.87. The van der Waals surface area contributed by atoms with Gasteiger partial charge in [0.1, 0.15) is 0 Å². The predicted molar refractivity (Wildman–Crippen MR) is 67.3 cm³/mol. The summed E-state index contributed by atoms with van der Waals surface area (Å²) in [6.45, 7) is 11.9. The van der Waals surface area contributed by atoms with Gasteiger partial charge < -0.3 is 15.7 Å². The molecule has 1 aliphatic rings. The Bertz CT molecular complexity index is 179. The van der Waals surface area contributed by atoms with E-state index in [1.807, 2.05) is 0 Å². The number of β-amino-alcohol motifs (C(OH)–C–C–N with tert-alkyl or cyclic N) is 1.